The average Bonchev–Trinajstić information content (AvgIpc) is 3.06. The van der Waals surface area contributed by atoms with E-state index >= 15 is 0 Å². The lowest BCUT2D eigenvalue weighted by molar-refractivity contribution is -0.122. The van der Waals surface area contributed by atoms with Crippen LogP contribution < -0.4 is 10.3 Å². The van der Waals surface area contributed by atoms with Gasteiger partial charge in [-0.3, -0.25) is 18.9 Å². The number of hydrogen-bond donors (Lipinski definition) is 0. The predicted octanol–water partition coefficient (Wildman–Crippen LogP) is 4.17. The smallest absolute Gasteiger partial charge is 0.269 e. The Hall–Kier alpha value is -3.08. The Kier molecular flexibility index (Phi) is 6.87. The highest BCUT2D eigenvalue weighted by molar-refractivity contribution is 8.26. The van der Waals surface area contributed by atoms with Crippen molar-refractivity contribution < 1.29 is 18.7 Å². The Labute approximate surface area is 198 Å². The third kappa shape index (κ3) is 4.82. The molecule has 1 saturated heterocycles. The van der Waals surface area contributed by atoms with Crippen molar-refractivity contribution in [3.63, 3.8) is 0 Å². The van der Waals surface area contributed by atoms with Gasteiger partial charge in [-0.05, 0) is 55.3 Å². The molecule has 0 N–H and O–H groups in total. The van der Waals surface area contributed by atoms with Crippen LogP contribution in [-0.4, -0.2) is 44.8 Å². The van der Waals surface area contributed by atoms with Crippen molar-refractivity contribution in [2.24, 2.45) is 0 Å². The number of methoxy groups -OCH3 is 1. The first kappa shape index (κ1) is 23.1. The summed E-state index contributed by atoms with van der Waals surface area (Å²) in [5, 5.41) is 0. The number of fused-ring (bicyclic) bond motifs is 1. The van der Waals surface area contributed by atoms with Gasteiger partial charge in [-0.1, -0.05) is 30.0 Å². The van der Waals surface area contributed by atoms with Gasteiger partial charge in [0, 0.05) is 26.5 Å². The molecule has 0 aliphatic carbocycles. The number of halogens is 1. The molecule has 1 amide bonds. The molecule has 0 unspecified atom stereocenters. The molecule has 170 valence electrons. The van der Waals surface area contributed by atoms with E-state index in [1.807, 2.05) is 13.0 Å². The zero-order valence-electron chi connectivity index (χ0n) is 17.9. The van der Waals surface area contributed by atoms with Gasteiger partial charge < -0.3 is 9.47 Å². The number of amides is 1. The summed E-state index contributed by atoms with van der Waals surface area (Å²) in [7, 11) is 1.59. The topological polar surface area (TPSA) is 73.1 Å². The summed E-state index contributed by atoms with van der Waals surface area (Å²) < 4.78 is 26.1. The van der Waals surface area contributed by atoms with E-state index in [1.165, 1.54) is 39.6 Å². The summed E-state index contributed by atoms with van der Waals surface area (Å²) in [6.45, 7) is 2.75. The number of aryl methyl sites for hydroxylation is 1. The molecule has 0 bridgehead atoms. The fourth-order valence-electron chi connectivity index (χ4n) is 3.30. The van der Waals surface area contributed by atoms with Crippen molar-refractivity contribution >= 4 is 45.9 Å². The molecule has 0 radical (unpaired) electrons. The van der Waals surface area contributed by atoms with Crippen molar-refractivity contribution in [2.45, 2.75) is 13.3 Å². The van der Waals surface area contributed by atoms with Crippen LogP contribution in [0.3, 0.4) is 0 Å². The highest BCUT2D eigenvalue weighted by Crippen LogP contribution is 2.34. The zero-order valence-corrected chi connectivity index (χ0v) is 19.5. The van der Waals surface area contributed by atoms with Crippen molar-refractivity contribution in [1.29, 1.82) is 0 Å². The van der Waals surface area contributed by atoms with Crippen molar-refractivity contribution in [3.8, 4) is 11.6 Å². The van der Waals surface area contributed by atoms with Crippen LogP contribution in [0.5, 0.6) is 11.6 Å². The Bertz CT molecular complexity index is 1320. The molecule has 1 aliphatic heterocycles. The molecule has 0 atom stereocenters. The van der Waals surface area contributed by atoms with Gasteiger partial charge in [-0.25, -0.2) is 4.39 Å². The predicted molar refractivity (Wildman–Crippen MR) is 129 cm³/mol. The number of carbonyl (C=O) groups excluding carboxylic acids is 1. The monoisotopic (exact) mass is 485 g/mol. The first-order valence-electron chi connectivity index (χ1n) is 10.1. The van der Waals surface area contributed by atoms with Crippen LogP contribution in [-0.2, 0) is 9.53 Å². The molecule has 2 aromatic heterocycles. The van der Waals surface area contributed by atoms with Crippen LogP contribution in [0, 0.1) is 12.7 Å². The fraction of sp³-hybridized carbons (Fsp3) is 0.217. The second-order valence-corrected chi connectivity index (χ2v) is 8.93. The van der Waals surface area contributed by atoms with Crippen molar-refractivity contribution in [2.75, 3.05) is 20.3 Å². The molecule has 1 aliphatic rings. The maximum Gasteiger partial charge on any atom is 0.269 e. The highest BCUT2D eigenvalue weighted by atomic mass is 32.2. The number of thiocarbonyl (C=S) groups is 1. The maximum atomic E-state index is 13.4. The SMILES string of the molecule is COCCCN1C(=O)C(=Cc2c(Oc3ccc(F)cc3)nc3c(C)cccn3c2=O)SC1=S. The van der Waals surface area contributed by atoms with Gasteiger partial charge in [0.05, 0.1) is 4.91 Å². The second-order valence-electron chi connectivity index (χ2n) is 7.26. The summed E-state index contributed by atoms with van der Waals surface area (Å²) in [5.41, 5.74) is 0.892. The van der Waals surface area contributed by atoms with Crippen LogP contribution in [0.15, 0.2) is 52.3 Å². The van der Waals surface area contributed by atoms with Crippen LogP contribution in [0.1, 0.15) is 17.5 Å². The standard InChI is InChI=1S/C23H20FN3O4S2/c1-14-5-3-10-26-19(14)25-20(31-16-8-6-15(24)7-9-16)17(21(26)28)13-18-22(29)27(23(32)33-18)11-4-12-30-2/h3,5-10,13H,4,11-12H2,1-2H3. The highest BCUT2D eigenvalue weighted by Gasteiger charge is 2.32. The minimum atomic E-state index is -0.415. The molecule has 4 rings (SSSR count). The quantitative estimate of drug-likeness (QED) is 0.283. The Balaban J connectivity index is 1.79. The lowest BCUT2D eigenvalue weighted by Gasteiger charge is -2.13. The summed E-state index contributed by atoms with van der Waals surface area (Å²) in [6, 6.07) is 8.95. The molecular weight excluding hydrogens is 465 g/mol. The van der Waals surface area contributed by atoms with E-state index in [4.69, 9.17) is 21.7 Å². The fourth-order valence-corrected chi connectivity index (χ4v) is 4.59. The minimum absolute atomic E-state index is 0.0190. The molecular formula is C23H20FN3O4S2. The van der Waals surface area contributed by atoms with Crippen LogP contribution in [0.2, 0.25) is 0 Å². The van der Waals surface area contributed by atoms with Gasteiger partial charge in [-0.15, -0.1) is 0 Å². The van der Waals surface area contributed by atoms with Gasteiger partial charge in [0.25, 0.3) is 11.5 Å². The number of rotatable bonds is 7. The van der Waals surface area contributed by atoms with Gasteiger partial charge in [0.15, 0.2) is 0 Å². The number of pyridine rings is 1. The first-order chi connectivity index (χ1) is 15.9. The van der Waals surface area contributed by atoms with Gasteiger partial charge in [0.1, 0.15) is 27.1 Å². The molecule has 10 heteroatoms. The van der Waals surface area contributed by atoms with E-state index < -0.39 is 11.4 Å². The lowest BCUT2D eigenvalue weighted by Crippen LogP contribution is -2.29. The van der Waals surface area contributed by atoms with Crippen LogP contribution in [0.25, 0.3) is 11.7 Å². The first-order valence-corrected chi connectivity index (χ1v) is 11.3. The molecule has 0 saturated carbocycles. The normalized spacial score (nSPS) is 15.1. The van der Waals surface area contributed by atoms with Crippen molar-refractivity contribution in [3.05, 3.63) is 74.8 Å². The second kappa shape index (κ2) is 9.82. The molecule has 3 aromatic rings. The van der Waals surface area contributed by atoms with Gasteiger partial charge in [-0.2, -0.15) is 4.98 Å². The minimum Gasteiger partial charge on any atom is -0.438 e. The number of ether oxygens (including phenoxy) is 2. The van der Waals surface area contributed by atoms with E-state index in [-0.39, 0.29) is 17.4 Å². The molecule has 1 aromatic carbocycles. The summed E-state index contributed by atoms with van der Waals surface area (Å²) in [5.74, 6) is -0.377. The van der Waals surface area contributed by atoms with E-state index in [0.717, 1.165) is 17.3 Å². The number of thioether (sulfide) groups is 1. The third-order valence-corrected chi connectivity index (χ3v) is 6.33. The Morgan fingerprint density at radius 2 is 1.97 bits per heavy atom. The Morgan fingerprint density at radius 1 is 1.21 bits per heavy atom. The molecule has 7 nitrogen and oxygen atoms in total. The lowest BCUT2D eigenvalue weighted by atomic mass is 10.2. The summed E-state index contributed by atoms with van der Waals surface area (Å²) >= 11 is 6.47. The van der Waals surface area contributed by atoms with Crippen molar-refractivity contribution in [1.82, 2.24) is 14.3 Å². The summed E-state index contributed by atoms with van der Waals surface area (Å²) in [4.78, 5) is 32.6. The number of nitrogens with zero attached hydrogens (tertiary/aromatic N) is 3. The Morgan fingerprint density at radius 3 is 2.70 bits per heavy atom. The van der Waals surface area contributed by atoms with E-state index in [9.17, 15) is 14.0 Å². The van der Waals surface area contributed by atoms with Gasteiger partial charge >= 0.3 is 0 Å². The number of aromatic nitrogens is 2. The largest absolute Gasteiger partial charge is 0.438 e. The van der Waals surface area contributed by atoms with E-state index in [1.54, 1.807) is 19.4 Å². The number of carbonyl (C=O) groups is 1. The van der Waals surface area contributed by atoms with E-state index in [2.05, 4.69) is 4.98 Å². The molecule has 1 fully saturated rings. The number of benzene rings is 1. The molecule has 33 heavy (non-hydrogen) atoms. The molecule has 0 spiro atoms. The van der Waals surface area contributed by atoms with Gasteiger partial charge in [0.2, 0.25) is 5.88 Å². The summed E-state index contributed by atoms with van der Waals surface area (Å²) in [6.07, 6.45) is 3.69. The average molecular weight is 486 g/mol. The van der Waals surface area contributed by atoms with E-state index in [0.29, 0.717) is 40.2 Å². The zero-order chi connectivity index (χ0) is 23.5. The van der Waals surface area contributed by atoms with Crippen LogP contribution >= 0.6 is 24.0 Å². The van der Waals surface area contributed by atoms with Crippen LogP contribution in [0.4, 0.5) is 4.39 Å². The third-order valence-electron chi connectivity index (χ3n) is 4.96. The maximum absolute atomic E-state index is 13.4. The molecule has 3 heterocycles. The number of hydrogen-bond acceptors (Lipinski definition) is 7.